The van der Waals surface area contributed by atoms with Crippen LogP contribution in [0.5, 0.6) is 5.75 Å². The Morgan fingerprint density at radius 1 is 1.07 bits per heavy atom. The van der Waals surface area contributed by atoms with Crippen LogP contribution >= 0.6 is 11.8 Å². The Hall–Kier alpha value is -2.02. The molecule has 0 radical (unpaired) electrons. The number of thioether (sulfide) groups is 1. The van der Waals surface area contributed by atoms with Crippen LogP contribution in [0.15, 0.2) is 59.6 Å². The maximum absolute atomic E-state index is 11.8. The highest BCUT2D eigenvalue weighted by molar-refractivity contribution is 8.14. The first-order valence-electron chi connectivity index (χ1n) is 10.7. The molecule has 1 unspecified atom stereocenters. The van der Waals surface area contributed by atoms with E-state index in [4.69, 9.17) is 9.73 Å². The van der Waals surface area contributed by atoms with Crippen LogP contribution in [-0.4, -0.2) is 59.1 Å². The molecular weight excluding hydrogens is 394 g/mol. The molecule has 5 rings (SSSR count). The third-order valence-corrected chi connectivity index (χ3v) is 7.98. The van der Waals surface area contributed by atoms with E-state index < -0.39 is 5.72 Å². The number of ether oxygens (including phenoxy) is 1. The van der Waals surface area contributed by atoms with Crippen LogP contribution < -0.4 is 4.74 Å². The summed E-state index contributed by atoms with van der Waals surface area (Å²) in [5, 5.41) is 12.7. The van der Waals surface area contributed by atoms with E-state index in [-0.39, 0.29) is 5.41 Å². The van der Waals surface area contributed by atoms with E-state index >= 15 is 0 Å². The number of methoxy groups -OCH3 is 1. The molecule has 0 aliphatic carbocycles. The number of aliphatic hydroxyl groups is 1. The summed E-state index contributed by atoms with van der Waals surface area (Å²) in [7, 11) is 1.67. The number of likely N-dealkylation sites (tertiary alicyclic amines) is 1. The van der Waals surface area contributed by atoms with E-state index in [0.29, 0.717) is 5.75 Å². The summed E-state index contributed by atoms with van der Waals surface area (Å²) in [6.45, 7) is 4.89. The van der Waals surface area contributed by atoms with Gasteiger partial charge in [-0.25, -0.2) is 0 Å². The average molecular weight is 424 g/mol. The van der Waals surface area contributed by atoms with Crippen molar-refractivity contribution in [2.45, 2.75) is 25.1 Å². The fourth-order valence-corrected chi connectivity index (χ4v) is 6.14. The van der Waals surface area contributed by atoms with Crippen molar-refractivity contribution in [3.8, 4) is 5.75 Å². The normalized spacial score (nSPS) is 25.8. The van der Waals surface area contributed by atoms with Crippen LogP contribution in [0.3, 0.4) is 0 Å². The van der Waals surface area contributed by atoms with Gasteiger partial charge in [-0.1, -0.05) is 60.3 Å². The van der Waals surface area contributed by atoms with E-state index in [1.165, 1.54) is 5.56 Å². The Balaban J connectivity index is 1.32. The largest absolute Gasteiger partial charge is 0.496 e. The molecule has 1 spiro atoms. The van der Waals surface area contributed by atoms with Crippen molar-refractivity contribution < 1.29 is 9.84 Å². The molecule has 3 aliphatic heterocycles. The van der Waals surface area contributed by atoms with Gasteiger partial charge >= 0.3 is 0 Å². The van der Waals surface area contributed by atoms with Gasteiger partial charge in [0.2, 0.25) is 0 Å². The maximum Gasteiger partial charge on any atom is 0.179 e. The molecule has 2 aromatic rings. The summed E-state index contributed by atoms with van der Waals surface area (Å²) in [6.07, 6.45) is 2.22. The van der Waals surface area contributed by atoms with Gasteiger partial charge in [0.1, 0.15) is 5.75 Å². The first kappa shape index (κ1) is 19.9. The Kier molecular flexibility index (Phi) is 5.25. The molecule has 30 heavy (non-hydrogen) atoms. The molecule has 1 N–H and O–H groups in total. The molecule has 2 saturated heterocycles. The molecule has 0 amide bonds. The van der Waals surface area contributed by atoms with E-state index in [1.807, 2.05) is 24.3 Å². The molecule has 3 heterocycles. The van der Waals surface area contributed by atoms with E-state index in [0.717, 1.165) is 62.0 Å². The summed E-state index contributed by atoms with van der Waals surface area (Å²) in [6, 6.07) is 18.5. The number of nitrogens with zero attached hydrogens (tertiary/aromatic N) is 3. The van der Waals surface area contributed by atoms with Gasteiger partial charge in [0.15, 0.2) is 10.9 Å². The van der Waals surface area contributed by atoms with Crippen molar-refractivity contribution in [1.82, 2.24) is 9.80 Å². The second kappa shape index (κ2) is 7.91. The molecule has 1 atom stereocenters. The zero-order valence-corrected chi connectivity index (χ0v) is 18.3. The number of aliphatic imine (C=N–C) groups is 1. The van der Waals surface area contributed by atoms with Gasteiger partial charge in [-0.2, -0.15) is 0 Å². The minimum atomic E-state index is -1.06. The van der Waals surface area contributed by atoms with Crippen molar-refractivity contribution in [2.24, 2.45) is 10.4 Å². The summed E-state index contributed by atoms with van der Waals surface area (Å²) in [4.78, 5) is 9.63. The Labute approximate surface area is 182 Å². The quantitative estimate of drug-likeness (QED) is 0.815. The number of amidine groups is 1. The average Bonchev–Trinajstić information content (AvgIpc) is 3.13. The second-order valence-corrected chi connectivity index (χ2v) is 9.69. The highest BCUT2D eigenvalue weighted by atomic mass is 32.2. The first-order valence-corrected chi connectivity index (χ1v) is 11.7. The van der Waals surface area contributed by atoms with Crippen molar-refractivity contribution in [3.63, 3.8) is 0 Å². The number of benzene rings is 2. The van der Waals surface area contributed by atoms with E-state index in [1.54, 1.807) is 18.9 Å². The third-order valence-electron chi connectivity index (χ3n) is 6.83. The van der Waals surface area contributed by atoms with Crippen LogP contribution in [-0.2, 0) is 12.3 Å². The zero-order valence-electron chi connectivity index (χ0n) is 17.5. The van der Waals surface area contributed by atoms with Crippen LogP contribution in [0.1, 0.15) is 24.0 Å². The molecule has 6 heteroatoms. The lowest BCUT2D eigenvalue weighted by molar-refractivity contribution is -0.0767. The number of hydrogen-bond acceptors (Lipinski definition) is 6. The predicted octanol–water partition coefficient (Wildman–Crippen LogP) is 3.54. The molecular formula is C24H29N3O2S. The topological polar surface area (TPSA) is 48.3 Å². The van der Waals surface area contributed by atoms with Crippen LogP contribution in [0.25, 0.3) is 0 Å². The smallest absolute Gasteiger partial charge is 0.179 e. The highest BCUT2D eigenvalue weighted by Gasteiger charge is 2.52. The van der Waals surface area contributed by atoms with Crippen molar-refractivity contribution in [2.75, 3.05) is 39.0 Å². The monoisotopic (exact) mass is 423 g/mol. The maximum atomic E-state index is 11.8. The van der Waals surface area contributed by atoms with Crippen molar-refractivity contribution in [1.29, 1.82) is 0 Å². The fourth-order valence-electron chi connectivity index (χ4n) is 4.97. The zero-order chi connectivity index (χ0) is 20.6. The molecule has 158 valence electrons. The van der Waals surface area contributed by atoms with E-state index in [9.17, 15) is 5.11 Å². The summed E-state index contributed by atoms with van der Waals surface area (Å²) in [5.74, 6) is 1.32. The van der Waals surface area contributed by atoms with Gasteiger partial charge in [-0.15, -0.1) is 0 Å². The van der Waals surface area contributed by atoms with Crippen LogP contribution in [0, 0.1) is 5.41 Å². The van der Waals surface area contributed by atoms with Gasteiger partial charge in [0.05, 0.1) is 12.9 Å². The molecule has 2 fully saturated rings. The SMILES string of the molecule is COc1ccccc1C1(O)CSC2=NCC3(CCN(Cc4ccccc4)CC3)CN21. The van der Waals surface area contributed by atoms with Crippen molar-refractivity contribution in [3.05, 3.63) is 65.7 Å². The Morgan fingerprint density at radius 2 is 1.80 bits per heavy atom. The van der Waals surface area contributed by atoms with Crippen LogP contribution in [0.2, 0.25) is 0 Å². The lowest BCUT2D eigenvalue weighted by Crippen LogP contribution is -2.56. The predicted molar refractivity (Wildman–Crippen MR) is 122 cm³/mol. The van der Waals surface area contributed by atoms with Crippen LogP contribution in [0.4, 0.5) is 0 Å². The standard InChI is InChI=1S/C24H29N3O2S/c1-29-21-10-6-5-9-20(21)24(28)18-30-22-25-16-23(17-27(22)24)11-13-26(14-12-23)15-19-7-3-2-4-8-19/h2-10,28H,11-18H2,1H3. The summed E-state index contributed by atoms with van der Waals surface area (Å²) < 4.78 is 5.57. The number of rotatable bonds is 4. The third kappa shape index (κ3) is 3.51. The highest BCUT2D eigenvalue weighted by Crippen LogP contribution is 2.48. The summed E-state index contributed by atoms with van der Waals surface area (Å²) in [5.41, 5.74) is 1.28. The molecule has 0 aromatic heterocycles. The Morgan fingerprint density at radius 3 is 2.57 bits per heavy atom. The number of para-hydroxylation sites is 1. The summed E-state index contributed by atoms with van der Waals surface area (Å²) >= 11 is 1.66. The molecule has 0 bridgehead atoms. The number of fused-ring (bicyclic) bond motifs is 1. The Bertz CT molecular complexity index is 927. The number of hydrogen-bond donors (Lipinski definition) is 1. The fraction of sp³-hybridized carbons (Fsp3) is 0.458. The second-order valence-electron chi connectivity index (χ2n) is 8.75. The van der Waals surface area contributed by atoms with Gasteiger partial charge in [-0.05, 0) is 37.6 Å². The van der Waals surface area contributed by atoms with Gasteiger partial charge < -0.3 is 14.7 Å². The lowest BCUT2D eigenvalue weighted by atomic mass is 9.76. The van der Waals surface area contributed by atoms with Gasteiger partial charge in [-0.3, -0.25) is 9.89 Å². The molecule has 2 aromatic carbocycles. The van der Waals surface area contributed by atoms with E-state index in [2.05, 4.69) is 40.1 Å². The first-order chi connectivity index (χ1) is 14.6. The lowest BCUT2D eigenvalue weighted by Gasteiger charge is -2.48. The minimum absolute atomic E-state index is 0.136. The molecule has 3 aliphatic rings. The van der Waals surface area contributed by atoms with Gasteiger partial charge in [0.25, 0.3) is 0 Å². The number of piperidine rings is 1. The van der Waals surface area contributed by atoms with Crippen molar-refractivity contribution >= 4 is 16.9 Å². The molecule has 5 nitrogen and oxygen atoms in total. The molecule has 0 saturated carbocycles. The minimum Gasteiger partial charge on any atom is -0.496 e. The van der Waals surface area contributed by atoms with Gasteiger partial charge in [0, 0.05) is 30.6 Å².